The molecule has 1 amide bonds. The Labute approximate surface area is 269 Å². The van der Waals surface area contributed by atoms with Crippen molar-refractivity contribution in [2.75, 3.05) is 65.6 Å². The van der Waals surface area contributed by atoms with Crippen molar-refractivity contribution in [3.05, 3.63) is 68.1 Å². The maximum absolute atomic E-state index is 13.4. The zero-order valence-corrected chi connectivity index (χ0v) is 28.0. The Morgan fingerprint density at radius 2 is 1.42 bits per heavy atom. The van der Waals surface area contributed by atoms with Gasteiger partial charge in [-0.15, -0.1) is 0 Å². The molecule has 4 heterocycles. The minimum absolute atomic E-state index is 0.0521. The third kappa shape index (κ3) is 8.53. The summed E-state index contributed by atoms with van der Waals surface area (Å²) in [5.74, 6) is -0.502. The molecular weight excluding hydrogens is 690 g/mol. The number of nitrogens with zero attached hydrogens (tertiary/aromatic N) is 3. The topological polar surface area (TPSA) is 66.5 Å². The molecule has 4 fully saturated rings. The Balaban J connectivity index is 0.000000180. The summed E-state index contributed by atoms with van der Waals surface area (Å²) in [6.07, 6.45) is -0.297. The van der Waals surface area contributed by atoms with Gasteiger partial charge in [0.25, 0.3) is 0 Å². The average molecular weight is 730 g/mol. The quantitative estimate of drug-likeness (QED) is 0.438. The molecule has 12 heteroatoms. The van der Waals surface area contributed by atoms with E-state index in [9.17, 15) is 13.6 Å². The molecule has 4 atom stereocenters. The van der Waals surface area contributed by atoms with Gasteiger partial charge in [0.2, 0.25) is 0 Å². The highest BCUT2D eigenvalue weighted by molar-refractivity contribution is 9.10. The third-order valence-corrected chi connectivity index (χ3v) is 9.36. The number of piperazine rings is 2. The van der Waals surface area contributed by atoms with Gasteiger partial charge < -0.3 is 24.4 Å². The summed E-state index contributed by atoms with van der Waals surface area (Å²) in [5.41, 5.74) is 1.51. The highest BCUT2D eigenvalue weighted by atomic mass is 79.9. The molecule has 0 spiro atoms. The van der Waals surface area contributed by atoms with E-state index >= 15 is 0 Å². The number of morpholine rings is 2. The lowest BCUT2D eigenvalue weighted by Crippen LogP contribution is -2.59. The number of amides is 1. The second-order valence-electron chi connectivity index (χ2n) is 12.4. The molecule has 0 saturated carbocycles. The number of halogens is 4. The lowest BCUT2D eigenvalue weighted by Gasteiger charge is -2.46. The van der Waals surface area contributed by atoms with Gasteiger partial charge in [-0.1, -0.05) is 12.1 Å². The monoisotopic (exact) mass is 728 g/mol. The summed E-state index contributed by atoms with van der Waals surface area (Å²) in [6.45, 7) is 13.7. The molecule has 43 heavy (non-hydrogen) atoms. The first-order valence-corrected chi connectivity index (χ1v) is 16.4. The van der Waals surface area contributed by atoms with Crippen molar-refractivity contribution in [1.29, 1.82) is 0 Å². The fourth-order valence-corrected chi connectivity index (χ4v) is 6.60. The van der Waals surface area contributed by atoms with Gasteiger partial charge in [-0.3, -0.25) is 9.80 Å². The van der Waals surface area contributed by atoms with Crippen LogP contribution in [-0.4, -0.2) is 104 Å². The molecule has 6 rings (SSSR count). The fourth-order valence-electron chi connectivity index (χ4n) is 5.81. The van der Waals surface area contributed by atoms with Crippen molar-refractivity contribution in [3.63, 3.8) is 0 Å². The van der Waals surface area contributed by atoms with Crippen molar-refractivity contribution >= 4 is 38.0 Å². The van der Waals surface area contributed by atoms with Gasteiger partial charge in [0.1, 0.15) is 17.2 Å². The van der Waals surface area contributed by atoms with Gasteiger partial charge in [0, 0.05) is 58.4 Å². The summed E-state index contributed by atoms with van der Waals surface area (Å²) < 4.78 is 45.0. The summed E-state index contributed by atoms with van der Waals surface area (Å²) in [4.78, 5) is 18.8. The fraction of sp³-hybridized carbons (Fsp3) is 0.581. The van der Waals surface area contributed by atoms with Gasteiger partial charge in [-0.2, -0.15) is 0 Å². The Morgan fingerprint density at radius 3 is 1.98 bits per heavy atom. The predicted molar refractivity (Wildman–Crippen MR) is 167 cm³/mol. The Hall–Kier alpha value is -1.67. The first-order valence-electron chi connectivity index (χ1n) is 14.8. The molecule has 0 aliphatic carbocycles. The Bertz CT molecular complexity index is 1280. The van der Waals surface area contributed by atoms with Crippen molar-refractivity contribution in [2.24, 2.45) is 0 Å². The normalized spacial score (nSPS) is 26.5. The molecule has 0 radical (unpaired) electrons. The lowest BCUT2D eigenvalue weighted by atomic mass is 10.0. The van der Waals surface area contributed by atoms with Crippen LogP contribution < -0.4 is 5.32 Å². The first-order chi connectivity index (χ1) is 20.5. The lowest BCUT2D eigenvalue weighted by molar-refractivity contribution is -0.0906. The molecule has 0 aromatic heterocycles. The smallest absolute Gasteiger partial charge is 0.410 e. The molecule has 8 nitrogen and oxygen atoms in total. The molecule has 4 aliphatic rings. The molecule has 4 saturated heterocycles. The van der Waals surface area contributed by atoms with Crippen LogP contribution in [0.3, 0.4) is 0 Å². The standard InChI is InChI=1S/C18H24BrFN2O3.C13H16BrFN2O/c1-18(2,3)25-17(23)22-7-6-21-10-16(24-11-13(21)9-22)12-4-5-15(20)14(19)8-12;14-11-5-9(1-2-12(11)15)13-7-17-4-3-16-6-10(17)8-18-13/h4-5,8,13,16H,6-7,9-11H2,1-3H3;1-2,5,10,13,16H,3-4,6-8H2/t13?,16-;10-,13?/m10/s1. The molecule has 4 aliphatic heterocycles. The molecular formula is C31H40Br2F2N4O4. The number of fused-ring (bicyclic) bond motifs is 2. The van der Waals surface area contributed by atoms with E-state index in [0.29, 0.717) is 34.7 Å². The zero-order chi connectivity index (χ0) is 30.7. The van der Waals surface area contributed by atoms with E-state index < -0.39 is 5.60 Å². The van der Waals surface area contributed by atoms with Crippen LogP contribution in [0.25, 0.3) is 0 Å². The molecule has 2 unspecified atom stereocenters. The number of rotatable bonds is 2. The van der Waals surface area contributed by atoms with Gasteiger partial charge in [-0.25, -0.2) is 13.6 Å². The highest BCUT2D eigenvalue weighted by Crippen LogP contribution is 2.30. The molecule has 236 valence electrons. The molecule has 0 bridgehead atoms. The van der Waals surface area contributed by atoms with Crippen LogP contribution in [0.2, 0.25) is 0 Å². The number of hydrogen-bond donors (Lipinski definition) is 1. The minimum Gasteiger partial charge on any atom is -0.444 e. The predicted octanol–water partition coefficient (Wildman–Crippen LogP) is 5.51. The van der Waals surface area contributed by atoms with Crippen molar-refractivity contribution < 1.29 is 27.8 Å². The highest BCUT2D eigenvalue weighted by Gasteiger charge is 2.37. The molecule has 1 N–H and O–H groups in total. The van der Waals surface area contributed by atoms with E-state index in [1.807, 2.05) is 32.9 Å². The third-order valence-electron chi connectivity index (χ3n) is 8.14. The van der Waals surface area contributed by atoms with E-state index in [1.54, 1.807) is 17.0 Å². The van der Waals surface area contributed by atoms with E-state index in [4.69, 9.17) is 14.2 Å². The first kappa shape index (κ1) is 32.7. The van der Waals surface area contributed by atoms with Crippen LogP contribution in [0, 0.1) is 11.6 Å². The largest absolute Gasteiger partial charge is 0.444 e. The minimum atomic E-state index is -0.488. The summed E-state index contributed by atoms with van der Waals surface area (Å²) >= 11 is 6.45. The van der Waals surface area contributed by atoms with Crippen LogP contribution in [0.15, 0.2) is 45.3 Å². The average Bonchev–Trinajstić information content (AvgIpc) is 2.98. The Kier molecular flexibility index (Phi) is 10.8. The number of nitrogens with one attached hydrogen (secondary N) is 1. The zero-order valence-electron chi connectivity index (χ0n) is 24.8. The molecule has 2 aromatic rings. The van der Waals surface area contributed by atoms with Gasteiger partial charge in [0.05, 0.1) is 40.4 Å². The van der Waals surface area contributed by atoms with Gasteiger partial charge in [-0.05, 0) is 88.0 Å². The Morgan fingerprint density at radius 1 is 0.860 bits per heavy atom. The van der Waals surface area contributed by atoms with Crippen molar-refractivity contribution in [1.82, 2.24) is 20.0 Å². The SMILES string of the molecule is CC(C)(C)OC(=O)N1CCN2C[C@H](c3ccc(F)c(Br)c3)OCC2C1.Fc1ccc(C2CN3CCNC[C@H]3CO2)cc1Br. The van der Waals surface area contributed by atoms with Crippen molar-refractivity contribution in [2.45, 2.75) is 50.7 Å². The van der Waals surface area contributed by atoms with Gasteiger partial charge >= 0.3 is 6.09 Å². The summed E-state index contributed by atoms with van der Waals surface area (Å²) in [6, 6.07) is 10.8. The summed E-state index contributed by atoms with van der Waals surface area (Å²) in [7, 11) is 0. The second kappa shape index (κ2) is 14.2. The van der Waals surface area contributed by atoms with Crippen molar-refractivity contribution in [3.8, 4) is 0 Å². The number of carbonyl (C=O) groups is 1. The van der Waals surface area contributed by atoms with E-state index in [2.05, 4.69) is 47.0 Å². The van der Waals surface area contributed by atoms with E-state index in [1.165, 1.54) is 12.1 Å². The van der Waals surface area contributed by atoms with E-state index in [-0.39, 0.29) is 36.0 Å². The van der Waals surface area contributed by atoms with Crippen LogP contribution >= 0.6 is 31.9 Å². The number of ether oxygens (including phenoxy) is 3. The van der Waals surface area contributed by atoms with Crippen LogP contribution in [-0.2, 0) is 14.2 Å². The summed E-state index contributed by atoms with van der Waals surface area (Å²) in [5, 5.41) is 3.38. The number of benzene rings is 2. The number of hydrogen-bond acceptors (Lipinski definition) is 7. The van der Waals surface area contributed by atoms with Crippen LogP contribution in [0.5, 0.6) is 0 Å². The van der Waals surface area contributed by atoms with Gasteiger partial charge in [0.15, 0.2) is 0 Å². The number of carbonyl (C=O) groups excluding carboxylic acids is 1. The van der Waals surface area contributed by atoms with E-state index in [0.717, 1.165) is 57.0 Å². The van der Waals surface area contributed by atoms with Crippen LogP contribution in [0.4, 0.5) is 13.6 Å². The maximum atomic E-state index is 13.4. The second-order valence-corrected chi connectivity index (χ2v) is 14.1. The maximum Gasteiger partial charge on any atom is 0.410 e. The molecule has 2 aromatic carbocycles. The van der Waals surface area contributed by atoms with Crippen LogP contribution in [0.1, 0.15) is 44.1 Å².